The van der Waals surface area contributed by atoms with E-state index in [2.05, 4.69) is 34.3 Å². The lowest BCUT2D eigenvalue weighted by Gasteiger charge is -2.10. The van der Waals surface area contributed by atoms with Crippen molar-refractivity contribution in [2.75, 3.05) is 38.8 Å². The van der Waals surface area contributed by atoms with Gasteiger partial charge >= 0.3 is 0 Å². The summed E-state index contributed by atoms with van der Waals surface area (Å²) >= 11 is 1.63. The van der Waals surface area contributed by atoms with Gasteiger partial charge in [-0.05, 0) is 33.3 Å². The third kappa shape index (κ3) is 4.99. The van der Waals surface area contributed by atoms with Crippen LogP contribution in [0.25, 0.3) is 0 Å². The average molecular weight is 226 g/mol. The Morgan fingerprint density at radius 3 is 2.87 bits per heavy atom. The fourth-order valence-electron chi connectivity index (χ4n) is 1.16. The summed E-state index contributed by atoms with van der Waals surface area (Å²) < 4.78 is 0. The van der Waals surface area contributed by atoms with Gasteiger partial charge < -0.3 is 10.2 Å². The Hall–Kier alpha value is -0.810. The maximum atomic E-state index is 4.15. The molecule has 0 atom stereocenters. The second-order valence-electron chi connectivity index (χ2n) is 3.53. The molecule has 0 unspecified atom stereocenters. The van der Waals surface area contributed by atoms with Crippen molar-refractivity contribution in [3.8, 4) is 0 Å². The van der Waals surface area contributed by atoms with E-state index in [1.54, 1.807) is 18.1 Å². The summed E-state index contributed by atoms with van der Waals surface area (Å²) in [6.45, 7) is 2.04. The molecule has 84 valence electrons. The molecule has 0 aliphatic heterocycles. The first kappa shape index (κ1) is 12.3. The van der Waals surface area contributed by atoms with Crippen LogP contribution in [0.4, 0.5) is 5.82 Å². The lowest BCUT2D eigenvalue weighted by Crippen LogP contribution is -2.16. The molecule has 0 aromatic carbocycles. The molecule has 0 fully saturated rings. The van der Waals surface area contributed by atoms with E-state index in [1.165, 1.54) is 0 Å². The summed E-state index contributed by atoms with van der Waals surface area (Å²) in [5.41, 5.74) is 0. The van der Waals surface area contributed by atoms with E-state index in [1.807, 2.05) is 12.3 Å². The third-order valence-electron chi connectivity index (χ3n) is 1.94. The fourth-order valence-corrected chi connectivity index (χ4v) is 1.54. The highest BCUT2D eigenvalue weighted by Crippen LogP contribution is 2.13. The second-order valence-corrected chi connectivity index (χ2v) is 4.36. The normalized spacial score (nSPS) is 10.7. The van der Waals surface area contributed by atoms with Crippen LogP contribution in [0.15, 0.2) is 17.4 Å². The summed E-state index contributed by atoms with van der Waals surface area (Å²) in [7, 11) is 4.16. The lowest BCUT2D eigenvalue weighted by atomic mass is 10.4. The zero-order valence-corrected chi connectivity index (χ0v) is 10.3. The van der Waals surface area contributed by atoms with Crippen molar-refractivity contribution in [1.82, 2.24) is 14.9 Å². The van der Waals surface area contributed by atoms with Crippen LogP contribution in [0, 0.1) is 0 Å². The number of aromatic nitrogens is 2. The molecule has 1 aromatic rings. The van der Waals surface area contributed by atoms with E-state index in [9.17, 15) is 0 Å². The lowest BCUT2D eigenvalue weighted by molar-refractivity contribution is 0.405. The molecule has 1 rings (SSSR count). The van der Waals surface area contributed by atoms with Crippen molar-refractivity contribution in [3.05, 3.63) is 12.4 Å². The van der Waals surface area contributed by atoms with Gasteiger partial charge in [0.2, 0.25) is 0 Å². The first-order valence-electron chi connectivity index (χ1n) is 4.97. The highest BCUT2D eigenvalue weighted by atomic mass is 32.2. The molecule has 15 heavy (non-hydrogen) atoms. The molecular formula is C10H18N4S. The molecule has 0 aliphatic carbocycles. The van der Waals surface area contributed by atoms with Gasteiger partial charge in [-0.2, -0.15) is 0 Å². The van der Waals surface area contributed by atoms with Crippen LogP contribution in [0.1, 0.15) is 6.42 Å². The molecule has 1 aromatic heterocycles. The van der Waals surface area contributed by atoms with Crippen molar-refractivity contribution in [2.24, 2.45) is 0 Å². The Bertz CT molecular complexity index is 291. The van der Waals surface area contributed by atoms with Gasteiger partial charge in [0.15, 0.2) is 0 Å². The zero-order chi connectivity index (χ0) is 11.1. The number of rotatable bonds is 6. The maximum Gasteiger partial charge on any atom is 0.130 e. The minimum absolute atomic E-state index is 0.910. The Morgan fingerprint density at radius 1 is 1.40 bits per heavy atom. The molecule has 0 bridgehead atoms. The van der Waals surface area contributed by atoms with Gasteiger partial charge in [0.25, 0.3) is 0 Å². The topological polar surface area (TPSA) is 41.0 Å². The molecule has 0 saturated heterocycles. The summed E-state index contributed by atoms with van der Waals surface area (Å²) in [5.74, 6) is 0.910. The molecule has 5 heteroatoms. The molecule has 0 amide bonds. The highest BCUT2D eigenvalue weighted by Gasteiger charge is 1.96. The van der Waals surface area contributed by atoms with Crippen LogP contribution in [0.3, 0.4) is 0 Å². The number of anilines is 1. The largest absolute Gasteiger partial charge is 0.370 e. The van der Waals surface area contributed by atoms with Gasteiger partial charge in [-0.25, -0.2) is 9.97 Å². The van der Waals surface area contributed by atoms with E-state index in [0.717, 1.165) is 30.4 Å². The molecule has 0 saturated carbocycles. The van der Waals surface area contributed by atoms with Gasteiger partial charge in [-0.15, -0.1) is 11.8 Å². The second kappa shape index (κ2) is 6.63. The standard InChI is InChI=1S/C10H18N4S/c1-14(2)6-4-5-11-9-7-10(15-3)13-8-12-9/h7-8H,4-6H2,1-3H3,(H,11,12,13). The number of nitrogens with zero attached hydrogens (tertiary/aromatic N) is 3. The Labute approximate surface area is 95.5 Å². The Kier molecular flexibility index (Phi) is 5.42. The van der Waals surface area contributed by atoms with Crippen molar-refractivity contribution in [3.63, 3.8) is 0 Å². The van der Waals surface area contributed by atoms with Crippen LogP contribution in [-0.4, -0.2) is 48.3 Å². The van der Waals surface area contributed by atoms with E-state index >= 15 is 0 Å². The average Bonchev–Trinajstić information content (AvgIpc) is 2.24. The minimum Gasteiger partial charge on any atom is -0.370 e. The zero-order valence-electron chi connectivity index (χ0n) is 9.53. The van der Waals surface area contributed by atoms with Gasteiger partial charge in [0.1, 0.15) is 17.2 Å². The van der Waals surface area contributed by atoms with Gasteiger partial charge in [-0.1, -0.05) is 0 Å². The van der Waals surface area contributed by atoms with Gasteiger partial charge in [0, 0.05) is 12.6 Å². The first-order valence-corrected chi connectivity index (χ1v) is 6.19. The molecule has 4 nitrogen and oxygen atoms in total. The Morgan fingerprint density at radius 2 is 2.20 bits per heavy atom. The number of thioether (sulfide) groups is 1. The summed E-state index contributed by atoms with van der Waals surface area (Å²) in [6.07, 6.45) is 4.73. The molecule has 0 spiro atoms. The maximum absolute atomic E-state index is 4.15. The van der Waals surface area contributed by atoms with Crippen molar-refractivity contribution >= 4 is 17.6 Å². The quantitative estimate of drug-likeness (QED) is 0.453. The van der Waals surface area contributed by atoms with Gasteiger partial charge in [-0.3, -0.25) is 0 Å². The molecule has 0 radical (unpaired) electrons. The Balaban J connectivity index is 2.30. The van der Waals surface area contributed by atoms with Crippen molar-refractivity contribution in [1.29, 1.82) is 0 Å². The van der Waals surface area contributed by atoms with Crippen LogP contribution < -0.4 is 5.32 Å². The van der Waals surface area contributed by atoms with Crippen LogP contribution in [0.5, 0.6) is 0 Å². The van der Waals surface area contributed by atoms with Gasteiger partial charge in [0.05, 0.1) is 0 Å². The van der Waals surface area contributed by atoms with Crippen LogP contribution in [-0.2, 0) is 0 Å². The van der Waals surface area contributed by atoms with E-state index in [-0.39, 0.29) is 0 Å². The first-order chi connectivity index (χ1) is 7.22. The van der Waals surface area contributed by atoms with E-state index in [0.29, 0.717) is 0 Å². The molecular weight excluding hydrogens is 208 g/mol. The SMILES string of the molecule is CSc1cc(NCCCN(C)C)ncn1. The fraction of sp³-hybridized carbons (Fsp3) is 0.600. The minimum atomic E-state index is 0.910. The highest BCUT2D eigenvalue weighted by molar-refractivity contribution is 7.98. The summed E-state index contributed by atoms with van der Waals surface area (Å²) in [6, 6.07) is 1.97. The van der Waals surface area contributed by atoms with Crippen LogP contribution in [0.2, 0.25) is 0 Å². The molecule has 1 N–H and O–H groups in total. The molecule has 1 heterocycles. The van der Waals surface area contributed by atoms with Crippen molar-refractivity contribution in [2.45, 2.75) is 11.4 Å². The van der Waals surface area contributed by atoms with E-state index < -0.39 is 0 Å². The monoisotopic (exact) mass is 226 g/mol. The summed E-state index contributed by atoms with van der Waals surface area (Å²) in [5, 5.41) is 4.28. The predicted octanol–water partition coefficient (Wildman–Crippen LogP) is 1.56. The number of hydrogen-bond donors (Lipinski definition) is 1. The third-order valence-corrected chi connectivity index (χ3v) is 2.58. The smallest absolute Gasteiger partial charge is 0.130 e. The van der Waals surface area contributed by atoms with Crippen LogP contribution >= 0.6 is 11.8 Å². The molecule has 0 aliphatic rings. The summed E-state index contributed by atoms with van der Waals surface area (Å²) in [4.78, 5) is 10.4. The van der Waals surface area contributed by atoms with E-state index in [4.69, 9.17) is 0 Å². The number of nitrogens with one attached hydrogen (secondary N) is 1. The van der Waals surface area contributed by atoms with Crippen molar-refractivity contribution < 1.29 is 0 Å². The number of hydrogen-bond acceptors (Lipinski definition) is 5. The predicted molar refractivity (Wildman–Crippen MR) is 65.5 cm³/mol.